The van der Waals surface area contributed by atoms with E-state index in [4.69, 9.17) is 0 Å². The topological polar surface area (TPSA) is 101 Å². The van der Waals surface area contributed by atoms with Crippen LogP contribution in [0, 0.1) is 5.92 Å². The first-order chi connectivity index (χ1) is 16.8. The summed E-state index contributed by atoms with van der Waals surface area (Å²) in [4.78, 5) is 46.8. The van der Waals surface area contributed by atoms with Crippen LogP contribution in [0.1, 0.15) is 37.3 Å². The molecule has 2 aliphatic heterocycles. The first-order valence-electron chi connectivity index (χ1n) is 12.1. The van der Waals surface area contributed by atoms with Gasteiger partial charge in [0.25, 0.3) is 5.56 Å². The van der Waals surface area contributed by atoms with Gasteiger partial charge in [-0.15, -0.1) is 0 Å². The number of rotatable bonds is 4. The molecule has 2 aliphatic rings. The summed E-state index contributed by atoms with van der Waals surface area (Å²) in [6, 6.07) is 11.1. The molecular weight excluding hydrogens is 446 g/mol. The summed E-state index contributed by atoms with van der Waals surface area (Å²) in [6.07, 6.45) is 4.89. The molecule has 2 amide bonds. The van der Waals surface area contributed by atoms with Gasteiger partial charge in [-0.3, -0.25) is 19.0 Å². The number of carbonyl (C=O) groups excluding carboxylic acids is 2. The van der Waals surface area contributed by atoms with Gasteiger partial charge in [-0.2, -0.15) is 0 Å². The van der Waals surface area contributed by atoms with Gasteiger partial charge < -0.3 is 19.5 Å². The monoisotopic (exact) mass is 477 g/mol. The van der Waals surface area contributed by atoms with Crippen LogP contribution < -0.4 is 5.56 Å². The SMILES string of the molecule is CN1C(=O)CC[C@@H](C(=O)N2CCC(O)(Cn3cnc4c(ccn4C)c3=O)CC2)[C@@H]1c1ccccc1. The average molecular weight is 478 g/mol. The summed E-state index contributed by atoms with van der Waals surface area (Å²) >= 11 is 0. The second kappa shape index (κ2) is 8.96. The number of nitrogens with zero attached hydrogens (tertiary/aromatic N) is 5. The molecule has 9 nitrogen and oxygen atoms in total. The number of benzene rings is 1. The zero-order chi connectivity index (χ0) is 24.7. The molecule has 35 heavy (non-hydrogen) atoms. The zero-order valence-electron chi connectivity index (χ0n) is 20.1. The Labute approximate surface area is 203 Å². The number of aryl methyl sites for hydroxylation is 1. The molecule has 4 heterocycles. The molecule has 0 saturated carbocycles. The minimum absolute atomic E-state index is 0.0183. The summed E-state index contributed by atoms with van der Waals surface area (Å²) < 4.78 is 3.26. The Kier molecular flexibility index (Phi) is 5.96. The van der Waals surface area contributed by atoms with Crippen LogP contribution in [0.5, 0.6) is 0 Å². The van der Waals surface area contributed by atoms with Crippen molar-refractivity contribution in [2.75, 3.05) is 20.1 Å². The Morgan fingerprint density at radius 3 is 2.54 bits per heavy atom. The molecule has 5 rings (SSSR count). The fourth-order valence-corrected chi connectivity index (χ4v) is 5.55. The van der Waals surface area contributed by atoms with Crippen molar-refractivity contribution < 1.29 is 14.7 Å². The van der Waals surface area contributed by atoms with Gasteiger partial charge in [-0.25, -0.2) is 4.98 Å². The van der Waals surface area contributed by atoms with E-state index >= 15 is 0 Å². The average Bonchev–Trinajstić information content (AvgIpc) is 3.24. The number of amides is 2. The number of hydrogen-bond acceptors (Lipinski definition) is 5. The minimum atomic E-state index is -1.09. The molecule has 2 fully saturated rings. The highest BCUT2D eigenvalue weighted by Crippen LogP contribution is 2.37. The van der Waals surface area contributed by atoms with E-state index in [1.54, 1.807) is 33.7 Å². The van der Waals surface area contributed by atoms with Crippen molar-refractivity contribution in [3.63, 3.8) is 0 Å². The molecular formula is C26H31N5O4. The Morgan fingerprint density at radius 2 is 1.83 bits per heavy atom. The lowest BCUT2D eigenvalue weighted by molar-refractivity contribution is -0.149. The van der Waals surface area contributed by atoms with Gasteiger partial charge in [0, 0.05) is 39.8 Å². The van der Waals surface area contributed by atoms with Crippen molar-refractivity contribution in [1.29, 1.82) is 0 Å². The summed E-state index contributed by atoms with van der Waals surface area (Å²) in [6.45, 7) is 0.945. The van der Waals surface area contributed by atoms with Crippen LogP contribution in [0.2, 0.25) is 0 Å². The van der Waals surface area contributed by atoms with Crippen LogP contribution in [0.3, 0.4) is 0 Å². The molecule has 1 N–H and O–H groups in total. The third-order valence-electron chi connectivity index (χ3n) is 7.64. The molecule has 2 atom stereocenters. The van der Waals surface area contributed by atoms with E-state index in [9.17, 15) is 19.5 Å². The molecule has 0 unspecified atom stereocenters. The third-order valence-corrected chi connectivity index (χ3v) is 7.64. The van der Waals surface area contributed by atoms with Crippen LogP contribution in [0.4, 0.5) is 0 Å². The Morgan fingerprint density at radius 1 is 1.11 bits per heavy atom. The fourth-order valence-electron chi connectivity index (χ4n) is 5.55. The fraction of sp³-hybridized carbons (Fsp3) is 0.462. The number of aliphatic hydroxyl groups is 1. The maximum absolute atomic E-state index is 13.6. The maximum Gasteiger partial charge on any atom is 0.262 e. The molecule has 2 saturated heterocycles. The standard InChI is InChI=1S/C26H31N5O4/c1-28-13-10-20-23(28)27-17-31(25(20)34)16-26(35)11-14-30(15-12-26)24(33)19-8-9-21(32)29(2)22(19)18-6-4-3-5-7-18/h3-7,10,13,17,19,22,35H,8-9,11-12,14-16H2,1-2H3/t19-,22+/m1/s1. The van der Waals surface area contributed by atoms with E-state index in [1.165, 1.54) is 10.9 Å². The van der Waals surface area contributed by atoms with Gasteiger partial charge >= 0.3 is 0 Å². The first-order valence-corrected chi connectivity index (χ1v) is 12.1. The molecule has 9 heteroatoms. The van der Waals surface area contributed by atoms with E-state index in [-0.39, 0.29) is 35.9 Å². The van der Waals surface area contributed by atoms with Crippen LogP contribution in [0.15, 0.2) is 53.7 Å². The Hall–Kier alpha value is -3.46. The highest BCUT2D eigenvalue weighted by molar-refractivity contribution is 5.85. The summed E-state index contributed by atoms with van der Waals surface area (Å²) in [5, 5.41) is 11.8. The van der Waals surface area contributed by atoms with Gasteiger partial charge in [-0.05, 0) is 30.9 Å². The predicted octanol–water partition coefficient (Wildman–Crippen LogP) is 1.70. The largest absolute Gasteiger partial charge is 0.388 e. The van der Waals surface area contributed by atoms with Gasteiger partial charge in [-0.1, -0.05) is 30.3 Å². The third kappa shape index (κ3) is 4.25. The molecule has 3 aromatic rings. The molecule has 1 aromatic carbocycles. The lowest BCUT2D eigenvalue weighted by Gasteiger charge is -2.43. The van der Waals surface area contributed by atoms with E-state index in [2.05, 4.69) is 4.98 Å². The van der Waals surface area contributed by atoms with E-state index in [0.29, 0.717) is 49.8 Å². The number of aromatic nitrogens is 3. The number of fused-ring (bicyclic) bond motifs is 1. The van der Waals surface area contributed by atoms with Crippen molar-refractivity contribution in [3.05, 3.63) is 64.8 Å². The Balaban J connectivity index is 1.29. The van der Waals surface area contributed by atoms with Gasteiger partial charge in [0.1, 0.15) is 12.0 Å². The smallest absolute Gasteiger partial charge is 0.262 e. The van der Waals surface area contributed by atoms with Crippen molar-refractivity contribution >= 4 is 22.8 Å². The molecule has 2 aromatic heterocycles. The van der Waals surface area contributed by atoms with Gasteiger partial charge in [0.2, 0.25) is 11.8 Å². The number of carbonyl (C=O) groups is 2. The Bertz CT molecular complexity index is 1310. The molecule has 0 spiro atoms. The summed E-state index contributed by atoms with van der Waals surface area (Å²) in [5.41, 5.74) is 0.298. The quantitative estimate of drug-likeness (QED) is 0.617. The van der Waals surface area contributed by atoms with E-state index in [1.807, 2.05) is 37.4 Å². The van der Waals surface area contributed by atoms with Crippen LogP contribution in [-0.2, 0) is 23.2 Å². The molecule has 0 aliphatic carbocycles. The zero-order valence-corrected chi connectivity index (χ0v) is 20.1. The highest BCUT2D eigenvalue weighted by Gasteiger charge is 2.42. The van der Waals surface area contributed by atoms with Crippen molar-refractivity contribution in [2.45, 2.75) is 43.9 Å². The lowest BCUT2D eigenvalue weighted by Crippen LogP contribution is -2.53. The second-order valence-corrected chi connectivity index (χ2v) is 9.90. The van der Waals surface area contributed by atoms with Crippen LogP contribution in [-0.4, -0.2) is 66.6 Å². The van der Waals surface area contributed by atoms with Gasteiger partial charge in [0.05, 0.1) is 29.5 Å². The first kappa shape index (κ1) is 23.3. The predicted molar refractivity (Wildman–Crippen MR) is 130 cm³/mol. The molecule has 184 valence electrons. The summed E-state index contributed by atoms with van der Waals surface area (Å²) in [5.74, 6) is -0.256. The van der Waals surface area contributed by atoms with Crippen molar-refractivity contribution in [1.82, 2.24) is 23.9 Å². The second-order valence-electron chi connectivity index (χ2n) is 9.90. The van der Waals surface area contributed by atoms with Crippen LogP contribution in [0.25, 0.3) is 11.0 Å². The maximum atomic E-state index is 13.6. The minimum Gasteiger partial charge on any atom is -0.388 e. The molecule has 0 radical (unpaired) electrons. The van der Waals surface area contributed by atoms with Crippen molar-refractivity contribution in [2.24, 2.45) is 13.0 Å². The van der Waals surface area contributed by atoms with Crippen LogP contribution >= 0.6 is 0 Å². The number of piperidine rings is 2. The molecule has 0 bridgehead atoms. The highest BCUT2D eigenvalue weighted by atomic mass is 16.3. The lowest BCUT2D eigenvalue weighted by atomic mass is 9.82. The van der Waals surface area contributed by atoms with E-state index < -0.39 is 5.60 Å². The number of hydrogen-bond donors (Lipinski definition) is 1. The number of likely N-dealkylation sites (tertiary alicyclic amines) is 2. The van der Waals surface area contributed by atoms with Gasteiger partial charge in [0.15, 0.2) is 0 Å². The van der Waals surface area contributed by atoms with Crippen molar-refractivity contribution in [3.8, 4) is 0 Å². The van der Waals surface area contributed by atoms with E-state index in [0.717, 1.165) is 5.56 Å². The summed E-state index contributed by atoms with van der Waals surface area (Å²) in [7, 11) is 3.60. The normalized spacial score (nSPS) is 22.5.